The molecule has 0 aliphatic rings. The molecule has 0 bridgehead atoms. The van der Waals surface area contributed by atoms with Crippen LogP contribution in [0.5, 0.6) is 0 Å². The third-order valence-electron chi connectivity index (χ3n) is 1.39. The van der Waals surface area contributed by atoms with E-state index in [1.165, 1.54) is 13.1 Å². The molecule has 0 unspecified atom stereocenters. The molecule has 1 N–H and O–H groups in total. The lowest BCUT2D eigenvalue weighted by molar-refractivity contribution is -0.118. The van der Waals surface area contributed by atoms with Crippen LogP contribution in [0.1, 0.15) is 12.5 Å². The van der Waals surface area contributed by atoms with Crippen LogP contribution < -0.4 is 5.43 Å². The Morgan fingerprint density at radius 1 is 1.50 bits per heavy atom. The number of hydrazone groups is 1. The molecule has 1 amide bonds. The first-order valence-corrected chi connectivity index (χ1v) is 4.60. The molecule has 3 nitrogen and oxygen atoms in total. The third kappa shape index (κ3) is 3.36. The smallest absolute Gasteiger partial charge is 0.236 e. The van der Waals surface area contributed by atoms with Gasteiger partial charge in [0.1, 0.15) is 0 Å². The Kier molecular flexibility index (Phi) is 3.92. The van der Waals surface area contributed by atoms with Crippen molar-refractivity contribution in [2.45, 2.75) is 6.92 Å². The average molecular weight is 231 g/mol. The maximum Gasteiger partial charge on any atom is 0.236 e. The largest absolute Gasteiger partial charge is 0.274 e. The lowest BCUT2D eigenvalue weighted by Gasteiger charge is -1.97. The fraction of sp³-hybridized carbons (Fsp3) is 0.111. The summed E-state index contributed by atoms with van der Waals surface area (Å²) < 4.78 is 0. The number of nitrogens with one attached hydrogen (secondary N) is 1. The van der Waals surface area contributed by atoms with Crippen LogP contribution >= 0.6 is 23.2 Å². The Hall–Kier alpha value is -1.06. The molecule has 0 aliphatic carbocycles. The fourth-order valence-electron chi connectivity index (χ4n) is 0.799. The minimum atomic E-state index is -0.230. The number of carbonyl (C=O) groups excluding carboxylic acids is 1. The van der Waals surface area contributed by atoms with Gasteiger partial charge in [0, 0.05) is 17.5 Å². The highest BCUT2D eigenvalue weighted by molar-refractivity contribution is 6.36. The first kappa shape index (κ1) is 11.0. The van der Waals surface area contributed by atoms with E-state index in [-0.39, 0.29) is 5.91 Å². The predicted octanol–water partition coefficient (Wildman–Crippen LogP) is 2.46. The number of benzene rings is 1. The third-order valence-corrected chi connectivity index (χ3v) is 1.95. The van der Waals surface area contributed by atoms with E-state index in [9.17, 15) is 4.79 Å². The van der Waals surface area contributed by atoms with Crippen LogP contribution in [-0.2, 0) is 4.79 Å². The zero-order valence-corrected chi connectivity index (χ0v) is 8.93. The maximum atomic E-state index is 10.5. The normalized spacial score (nSPS) is 10.5. The summed E-state index contributed by atoms with van der Waals surface area (Å²) in [6.07, 6.45) is 1.46. The van der Waals surface area contributed by atoms with Crippen molar-refractivity contribution in [1.29, 1.82) is 0 Å². The van der Waals surface area contributed by atoms with Crippen molar-refractivity contribution in [2.24, 2.45) is 5.10 Å². The quantitative estimate of drug-likeness (QED) is 0.616. The van der Waals surface area contributed by atoms with Crippen molar-refractivity contribution in [3.63, 3.8) is 0 Å². The zero-order chi connectivity index (χ0) is 10.6. The summed E-state index contributed by atoms with van der Waals surface area (Å²) >= 11 is 11.6. The molecule has 14 heavy (non-hydrogen) atoms. The van der Waals surface area contributed by atoms with Crippen molar-refractivity contribution < 1.29 is 4.79 Å². The lowest BCUT2D eigenvalue weighted by atomic mass is 10.2. The zero-order valence-electron chi connectivity index (χ0n) is 7.42. The number of halogens is 2. The fourth-order valence-corrected chi connectivity index (χ4v) is 1.26. The molecule has 1 rings (SSSR count). The Labute approximate surface area is 91.7 Å². The van der Waals surface area contributed by atoms with E-state index in [2.05, 4.69) is 10.5 Å². The second kappa shape index (κ2) is 4.98. The molecule has 5 heteroatoms. The van der Waals surface area contributed by atoms with Crippen molar-refractivity contribution in [1.82, 2.24) is 5.43 Å². The van der Waals surface area contributed by atoms with E-state index in [0.717, 1.165) is 0 Å². The van der Waals surface area contributed by atoms with E-state index in [1.807, 2.05) is 0 Å². The molecular formula is C9H8Cl2N2O. The summed E-state index contributed by atoms with van der Waals surface area (Å²) in [6.45, 7) is 1.38. The monoisotopic (exact) mass is 230 g/mol. The number of hydrogen-bond donors (Lipinski definition) is 1. The molecule has 0 heterocycles. The molecule has 0 saturated carbocycles. The van der Waals surface area contributed by atoms with Crippen LogP contribution in [0.15, 0.2) is 23.3 Å². The molecule has 1 aromatic carbocycles. The Balaban J connectivity index is 2.76. The van der Waals surface area contributed by atoms with Gasteiger partial charge in [0.15, 0.2) is 0 Å². The summed E-state index contributed by atoms with van der Waals surface area (Å²) in [5.41, 5.74) is 2.97. The summed E-state index contributed by atoms with van der Waals surface area (Å²) in [5.74, 6) is -0.230. The topological polar surface area (TPSA) is 41.5 Å². The van der Waals surface area contributed by atoms with Crippen LogP contribution in [0, 0.1) is 0 Å². The molecule has 0 atom stereocenters. The van der Waals surface area contributed by atoms with Gasteiger partial charge in [0.25, 0.3) is 0 Å². The molecule has 0 aromatic heterocycles. The first-order chi connectivity index (χ1) is 6.59. The van der Waals surface area contributed by atoms with Gasteiger partial charge in [-0.05, 0) is 12.1 Å². The molecule has 74 valence electrons. The van der Waals surface area contributed by atoms with E-state index in [4.69, 9.17) is 23.2 Å². The van der Waals surface area contributed by atoms with Gasteiger partial charge in [0.2, 0.25) is 5.91 Å². The average Bonchev–Trinajstić information content (AvgIpc) is 2.08. The minimum Gasteiger partial charge on any atom is -0.274 e. The second-order valence-electron chi connectivity index (χ2n) is 2.59. The molecule has 0 aliphatic heterocycles. The Morgan fingerprint density at radius 2 is 2.21 bits per heavy atom. The predicted molar refractivity (Wildman–Crippen MR) is 57.9 cm³/mol. The number of nitrogens with zero attached hydrogens (tertiary/aromatic N) is 1. The highest BCUT2D eigenvalue weighted by Gasteiger charge is 1.97. The van der Waals surface area contributed by atoms with Crippen LogP contribution in [0.25, 0.3) is 0 Å². The Bertz CT molecular complexity index is 377. The SMILES string of the molecule is CC(=O)N/N=C/c1ccc(Cl)cc1Cl. The lowest BCUT2D eigenvalue weighted by Crippen LogP contribution is -2.12. The Morgan fingerprint density at radius 3 is 2.79 bits per heavy atom. The molecule has 0 saturated heterocycles. The van der Waals surface area contributed by atoms with Crippen LogP contribution in [-0.4, -0.2) is 12.1 Å². The van der Waals surface area contributed by atoms with Gasteiger partial charge in [-0.1, -0.05) is 29.3 Å². The van der Waals surface area contributed by atoms with Crippen LogP contribution in [0.2, 0.25) is 10.0 Å². The van der Waals surface area contributed by atoms with Gasteiger partial charge < -0.3 is 0 Å². The highest BCUT2D eigenvalue weighted by atomic mass is 35.5. The van der Waals surface area contributed by atoms with Crippen molar-refractivity contribution in [3.05, 3.63) is 33.8 Å². The standard InChI is InChI=1S/C9H8Cl2N2O/c1-6(14)13-12-5-7-2-3-8(10)4-9(7)11/h2-5H,1H3,(H,13,14)/b12-5+. The first-order valence-electron chi connectivity index (χ1n) is 3.84. The van der Waals surface area contributed by atoms with E-state index in [1.54, 1.807) is 18.2 Å². The van der Waals surface area contributed by atoms with Gasteiger partial charge in [-0.15, -0.1) is 0 Å². The molecule has 0 radical (unpaired) electrons. The number of rotatable bonds is 2. The van der Waals surface area contributed by atoms with Crippen molar-refractivity contribution in [3.8, 4) is 0 Å². The van der Waals surface area contributed by atoms with Gasteiger partial charge >= 0.3 is 0 Å². The van der Waals surface area contributed by atoms with E-state index >= 15 is 0 Å². The minimum absolute atomic E-state index is 0.230. The van der Waals surface area contributed by atoms with E-state index < -0.39 is 0 Å². The molecule has 1 aromatic rings. The van der Waals surface area contributed by atoms with Gasteiger partial charge in [-0.2, -0.15) is 5.10 Å². The number of amides is 1. The van der Waals surface area contributed by atoms with Crippen LogP contribution in [0.4, 0.5) is 0 Å². The van der Waals surface area contributed by atoms with E-state index in [0.29, 0.717) is 15.6 Å². The number of hydrogen-bond acceptors (Lipinski definition) is 2. The summed E-state index contributed by atoms with van der Waals surface area (Å²) in [7, 11) is 0. The molecule has 0 fully saturated rings. The van der Waals surface area contributed by atoms with Gasteiger partial charge in [-0.3, -0.25) is 4.79 Å². The van der Waals surface area contributed by atoms with Crippen molar-refractivity contribution >= 4 is 35.3 Å². The van der Waals surface area contributed by atoms with Crippen LogP contribution in [0.3, 0.4) is 0 Å². The maximum absolute atomic E-state index is 10.5. The molecule has 0 spiro atoms. The summed E-state index contributed by atoms with van der Waals surface area (Å²) in [6, 6.07) is 5.02. The second-order valence-corrected chi connectivity index (χ2v) is 3.44. The van der Waals surface area contributed by atoms with Gasteiger partial charge in [-0.25, -0.2) is 5.43 Å². The summed E-state index contributed by atoms with van der Waals surface area (Å²) in [5, 5.41) is 4.73. The molecular weight excluding hydrogens is 223 g/mol. The number of carbonyl (C=O) groups is 1. The summed E-state index contributed by atoms with van der Waals surface area (Å²) in [4.78, 5) is 10.5. The highest BCUT2D eigenvalue weighted by Crippen LogP contribution is 2.19. The van der Waals surface area contributed by atoms with Crippen molar-refractivity contribution in [2.75, 3.05) is 0 Å². The van der Waals surface area contributed by atoms with Gasteiger partial charge in [0.05, 0.1) is 11.2 Å².